The fourth-order valence-electron chi connectivity index (χ4n) is 3.83. The summed E-state index contributed by atoms with van der Waals surface area (Å²) in [5.74, 6) is 0.662. The van der Waals surface area contributed by atoms with Crippen molar-refractivity contribution in [1.29, 1.82) is 0 Å². The van der Waals surface area contributed by atoms with Gasteiger partial charge in [0.05, 0.1) is 5.56 Å². The Hall–Kier alpha value is -3.09. The number of benzene rings is 2. The number of carbonyl (C=O) groups excluding carboxylic acids is 2. The highest BCUT2D eigenvalue weighted by Gasteiger charge is 2.26. The number of carbonyl (C=O) groups is 2. The zero-order chi connectivity index (χ0) is 20.9. The third kappa shape index (κ3) is 4.72. The number of ether oxygens (including phenoxy) is 2. The molecule has 0 aromatic heterocycles. The zero-order valence-electron chi connectivity index (χ0n) is 16.7. The summed E-state index contributed by atoms with van der Waals surface area (Å²) in [5, 5.41) is 3.06. The summed E-state index contributed by atoms with van der Waals surface area (Å²) in [6.45, 7) is 2.09. The first-order valence-electron chi connectivity index (χ1n) is 10.3. The molecule has 30 heavy (non-hydrogen) atoms. The van der Waals surface area contributed by atoms with Crippen LogP contribution in [0.15, 0.2) is 42.5 Å². The van der Waals surface area contributed by atoms with Gasteiger partial charge in [0.2, 0.25) is 5.91 Å². The minimum Gasteiger partial charge on any atom is -0.486 e. The van der Waals surface area contributed by atoms with Crippen LogP contribution in [0, 0.1) is 5.82 Å². The van der Waals surface area contributed by atoms with Crippen molar-refractivity contribution in [3.8, 4) is 11.5 Å². The van der Waals surface area contributed by atoms with E-state index in [4.69, 9.17) is 9.47 Å². The molecule has 2 aromatic carbocycles. The number of rotatable bonds is 5. The van der Waals surface area contributed by atoms with Crippen LogP contribution in [0.25, 0.3) is 0 Å². The minimum atomic E-state index is -0.503. The van der Waals surface area contributed by atoms with Crippen LogP contribution in [0.4, 0.5) is 4.39 Å². The first-order chi connectivity index (χ1) is 14.6. The number of hydrogen-bond acceptors (Lipinski definition) is 4. The molecule has 0 aliphatic carbocycles. The molecule has 0 bridgehead atoms. The van der Waals surface area contributed by atoms with E-state index in [2.05, 4.69) is 5.32 Å². The molecular formula is C23H25FN2O4. The summed E-state index contributed by atoms with van der Waals surface area (Å²) < 4.78 is 24.9. The van der Waals surface area contributed by atoms with E-state index in [-0.39, 0.29) is 23.4 Å². The molecule has 2 heterocycles. The van der Waals surface area contributed by atoms with E-state index in [1.54, 1.807) is 17.0 Å². The topological polar surface area (TPSA) is 67.9 Å². The van der Waals surface area contributed by atoms with E-state index >= 15 is 0 Å². The number of piperidine rings is 1. The standard InChI is InChI=1S/C23H25FN2O4/c24-19-4-2-1-3-18(19)23(28)26-11-9-17(10-12-26)25-22(27)8-6-16-5-7-20-21(15-16)30-14-13-29-20/h1-5,7,15,17H,6,8-14H2,(H,25,27). The maximum absolute atomic E-state index is 13.8. The first kappa shape index (κ1) is 20.2. The molecule has 0 radical (unpaired) electrons. The van der Waals surface area contributed by atoms with Crippen LogP contribution >= 0.6 is 0 Å². The SMILES string of the molecule is O=C(CCc1ccc2c(c1)OCCO2)NC1CCN(C(=O)c2ccccc2F)CC1. The number of hydrogen-bond donors (Lipinski definition) is 1. The Kier molecular flexibility index (Phi) is 6.16. The van der Waals surface area contributed by atoms with Crippen molar-refractivity contribution in [1.82, 2.24) is 10.2 Å². The lowest BCUT2D eigenvalue weighted by Gasteiger charge is -2.32. The summed E-state index contributed by atoms with van der Waals surface area (Å²) in [5.41, 5.74) is 1.12. The van der Waals surface area contributed by atoms with Crippen molar-refractivity contribution in [2.45, 2.75) is 31.7 Å². The average molecular weight is 412 g/mol. The number of nitrogens with zero attached hydrogens (tertiary/aromatic N) is 1. The smallest absolute Gasteiger partial charge is 0.256 e. The molecule has 1 fully saturated rings. The van der Waals surface area contributed by atoms with Crippen molar-refractivity contribution < 1.29 is 23.5 Å². The Morgan fingerprint density at radius 1 is 1.03 bits per heavy atom. The quantitative estimate of drug-likeness (QED) is 0.820. The number of aryl methyl sites for hydroxylation is 1. The molecule has 1 saturated heterocycles. The molecule has 1 N–H and O–H groups in total. The number of amides is 2. The Balaban J connectivity index is 1.23. The third-order valence-corrected chi connectivity index (χ3v) is 5.50. The van der Waals surface area contributed by atoms with Crippen molar-refractivity contribution >= 4 is 11.8 Å². The molecule has 0 unspecified atom stereocenters. The number of fused-ring (bicyclic) bond motifs is 1. The molecule has 2 aromatic rings. The lowest BCUT2D eigenvalue weighted by Crippen LogP contribution is -2.46. The molecular weight excluding hydrogens is 387 g/mol. The van der Waals surface area contributed by atoms with Crippen LogP contribution in [0.5, 0.6) is 11.5 Å². The van der Waals surface area contributed by atoms with Crippen molar-refractivity contribution in [2.75, 3.05) is 26.3 Å². The van der Waals surface area contributed by atoms with Crippen LogP contribution in [0.2, 0.25) is 0 Å². The van der Waals surface area contributed by atoms with Gasteiger partial charge in [-0.3, -0.25) is 9.59 Å². The van der Waals surface area contributed by atoms with E-state index in [1.807, 2.05) is 18.2 Å². The normalized spacial score (nSPS) is 16.2. The molecule has 2 aliphatic heterocycles. The monoisotopic (exact) mass is 412 g/mol. The highest BCUT2D eigenvalue weighted by Crippen LogP contribution is 2.31. The molecule has 0 atom stereocenters. The fraction of sp³-hybridized carbons (Fsp3) is 0.391. The summed E-state index contributed by atoms with van der Waals surface area (Å²) in [6, 6.07) is 11.8. The average Bonchev–Trinajstić information content (AvgIpc) is 2.78. The van der Waals surface area contributed by atoms with Gasteiger partial charge in [0.15, 0.2) is 11.5 Å². The Morgan fingerprint density at radius 3 is 2.53 bits per heavy atom. The molecule has 158 valence electrons. The van der Waals surface area contributed by atoms with E-state index in [1.165, 1.54) is 12.1 Å². The van der Waals surface area contributed by atoms with E-state index in [0.717, 1.165) is 17.1 Å². The van der Waals surface area contributed by atoms with Gasteiger partial charge >= 0.3 is 0 Å². The maximum atomic E-state index is 13.8. The van der Waals surface area contributed by atoms with E-state index in [0.29, 0.717) is 52.0 Å². The van der Waals surface area contributed by atoms with Crippen molar-refractivity contribution in [3.05, 3.63) is 59.4 Å². The summed E-state index contributed by atoms with van der Waals surface area (Å²) in [7, 11) is 0. The van der Waals surface area contributed by atoms with E-state index < -0.39 is 5.82 Å². The molecule has 0 spiro atoms. The molecule has 7 heteroatoms. The van der Waals surface area contributed by atoms with Crippen molar-refractivity contribution in [2.24, 2.45) is 0 Å². The molecule has 4 rings (SSSR count). The van der Waals surface area contributed by atoms with E-state index in [9.17, 15) is 14.0 Å². The van der Waals surface area contributed by atoms with Gasteiger partial charge in [0.1, 0.15) is 19.0 Å². The predicted octanol–water partition coefficient (Wildman–Crippen LogP) is 2.95. The van der Waals surface area contributed by atoms with Crippen LogP contribution in [0.1, 0.15) is 35.2 Å². The second kappa shape index (κ2) is 9.15. The summed E-state index contributed by atoms with van der Waals surface area (Å²) >= 11 is 0. The van der Waals surface area contributed by atoms with Gasteiger partial charge in [-0.15, -0.1) is 0 Å². The highest BCUT2D eigenvalue weighted by molar-refractivity contribution is 5.94. The van der Waals surface area contributed by atoms with Gasteiger partial charge in [0.25, 0.3) is 5.91 Å². The first-order valence-corrected chi connectivity index (χ1v) is 10.3. The lowest BCUT2D eigenvalue weighted by molar-refractivity contribution is -0.122. The summed E-state index contributed by atoms with van der Waals surface area (Å²) in [6.07, 6.45) is 2.33. The molecule has 2 aliphatic rings. The molecule has 6 nitrogen and oxygen atoms in total. The van der Waals surface area contributed by atoms with Gasteiger partial charge in [0, 0.05) is 25.6 Å². The van der Waals surface area contributed by atoms with Gasteiger partial charge in [-0.1, -0.05) is 18.2 Å². The fourth-order valence-corrected chi connectivity index (χ4v) is 3.83. The third-order valence-electron chi connectivity index (χ3n) is 5.50. The van der Waals surface area contributed by atoms with Gasteiger partial charge in [-0.05, 0) is 49.1 Å². The second-order valence-corrected chi connectivity index (χ2v) is 7.59. The molecule has 2 amide bonds. The van der Waals surface area contributed by atoms with Gasteiger partial charge in [-0.25, -0.2) is 4.39 Å². The Labute approximate surface area is 175 Å². The molecule has 0 saturated carbocycles. The Morgan fingerprint density at radius 2 is 1.77 bits per heavy atom. The number of halogens is 1. The Bertz CT molecular complexity index is 925. The summed E-state index contributed by atoms with van der Waals surface area (Å²) in [4.78, 5) is 26.5. The van der Waals surface area contributed by atoms with Gasteiger partial charge in [-0.2, -0.15) is 0 Å². The highest BCUT2D eigenvalue weighted by atomic mass is 19.1. The van der Waals surface area contributed by atoms with Gasteiger partial charge < -0.3 is 19.7 Å². The second-order valence-electron chi connectivity index (χ2n) is 7.59. The van der Waals surface area contributed by atoms with Crippen molar-refractivity contribution in [3.63, 3.8) is 0 Å². The van der Waals surface area contributed by atoms with Crippen LogP contribution < -0.4 is 14.8 Å². The number of likely N-dealkylation sites (tertiary alicyclic amines) is 1. The minimum absolute atomic E-state index is 0.0104. The largest absolute Gasteiger partial charge is 0.486 e. The van der Waals surface area contributed by atoms with Crippen LogP contribution in [0.3, 0.4) is 0 Å². The number of nitrogens with one attached hydrogen (secondary N) is 1. The zero-order valence-corrected chi connectivity index (χ0v) is 16.7. The lowest BCUT2D eigenvalue weighted by atomic mass is 10.0. The maximum Gasteiger partial charge on any atom is 0.256 e. The van der Waals surface area contributed by atoms with Crippen LogP contribution in [-0.2, 0) is 11.2 Å². The predicted molar refractivity (Wildman–Crippen MR) is 109 cm³/mol. The van der Waals surface area contributed by atoms with Crippen LogP contribution in [-0.4, -0.2) is 49.1 Å².